The summed E-state index contributed by atoms with van der Waals surface area (Å²) in [4.78, 5) is 28.7. The van der Waals surface area contributed by atoms with Gasteiger partial charge < -0.3 is 19.3 Å². The second-order valence-corrected chi connectivity index (χ2v) is 10.3. The number of carbonyl (C=O) groups is 2. The maximum atomic E-state index is 13.7. The van der Waals surface area contributed by atoms with Gasteiger partial charge in [-0.25, -0.2) is 0 Å². The number of methoxy groups -OCH3 is 1. The lowest BCUT2D eigenvalue weighted by molar-refractivity contribution is -0.132. The summed E-state index contributed by atoms with van der Waals surface area (Å²) in [7, 11) is 1.55. The Morgan fingerprint density at radius 2 is 1.53 bits per heavy atom. The van der Waals surface area contributed by atoms with E-state index in [2.05, 4.69) is 0 Å². The molecule has 1 N–H and O–H groups in total. The molecule has 1 amide bonds. The second kappa shape index (κ2) is 12.9. The predicted molar refractivity (Wildman–Crippen MR) is 167 cm³/mol. The van der Waals surface area contributed by atoms with E-state index in [4.69, 9.17) is 14.2 Å². The first-order chi connectivity index (χ1) is 20.9. The largest absolute Gasteiger partial charge is 0.507 e. The molecule has 0 saturated carbocycles. The number of hydrogen-bond acceptors (Lipinski definition) is 6. The van der Waals surface area contributed by atoms with Gasteiger partial charge in [0.1, 0.15) is 18.1 Å². The average molecular weight is 578 g/mol. The maximum absolute atomic E-state index is 13.7. The molecule has 220 valence electrons. The zero-order chi connectivity index (χ0) is 30.5. The summed E-state index contributed by atoms with van der Waals surface area (Å²) in [5.74, 6) is -0.0868. The third-order valence-corrected chi connectivity index (χ3v) is 7.56. The number of aryl methyl sites for hydroxylation is 2. The highest BCUT2D eigenvalue weighted by Crippen LogP contribution is 2.44. The van der Waals surface area contributed by atoms with Crippen LogP contribution in [0.3, 0.4) is 0 Å². The minimum atomic E-state index is -0.896. The fraction of sp³-hybridized carbons (Fsp3) is 0.222. The van der Waals surface area contributed by atoms with Crippen LogP contribution < -0.4 is 19.1 Å². The molecule has 1 aliphatic heterocycles. The van der Waals surface area contributed by atoms with Crippen LogP contribution in [0, 0.1) is 6.92 Å². The summed E-state index contributed by atoms with van der Waals surface area (Å²) in [6, 6.07) is 27.0. The minimum absolute atomic E-state index is 0.00506. The quantitative estimate of drug-likeness (QED) is 0.122. The van der Waals surface area contributed by atoms with Crippen LogP contribution >= 0.6 is 0 Å². The molecule has 0 aliphatic carbocycles. The Labute approximate surface area is 252 Å². The van der Waals surface area contributed by atoms with Crippen LogP contribution in [0.15, 0.2) is 96.6 Å². The molecular formula is C36H35NO6. The van der Waals surface area contributed by atoms with E-state index in [1.165, 1.54) is 4.90 Å². The number of hydrogen-bond donors (Lipinski definition) is 1. The van der Waals surface area contributed by atoms with Gasteiger partial charge in [0, 0.05) is 11.3 Å². The lowest BCUT2D eigenvalue weighted by Crippen LogP contribution is -2.29. The van der Waals surface area contributed by atoms with Crippen LogP contribution in [0.25, 0.3) is 5.76 Å². The van der Waals surface area contributed by atoms with Crippen molar-refractivity contribution < 1.29 is 28.9 Å². The van der Waals surface area contributed by atoms with E-state index in [0.717, 1.165) is 23.1 Å². The van der Waals surface area contributed by atoms with Crippen LogP contribution in [-0.4, -0.2) is 30.5 Å². The van der Waals surface area contributed by atoms with Gasteiger partial charge in [-0.3, -0.25) is 14.5 Å². The SMILES string of the molecule is CCOc1cc(C2/C(=C(/O)c3ccc(OCc4ccccc4)c(C)c3)C(=O)C(=O)N2c2ccc(CC)cc2)ccc1OC. The Balaban J connectivity index is 1.59. The Morgan fingerprint density at radius 3 is 2.19 bits per heavy atom. The highest BCUT2D eigenvalue weighted by molar-refractivity contribution is 6.51. The van der Waals surface area contributed by atoms with Gasteiger partial charge in [0.2, 0.25) is 0 Å². The molecule has 1 atom stereocenters. The lowest BCUT2D eigenvalue weighted by atomic mass is 9.94. The van der Waals surface area contributed by atoms with Crippen molar-refractivity contribution >= 4 is 23.1 Å². The lowest BCUT2D eigenvalue weighted by Gasteiger charge is -2.26. The van der Waals surface area contributed by atoms with E-state index in [-0.39, 0.29) is 11.3 Å². The molecule has 1 saturated heterocycles. The molecule has 5 rings (SSSR count). The van der Waals surface area contributed by atoms with Gasteiger partial charge in [-0.2, -0.15) is 0 Å². The van der Waals surface area contributed by atoms with E-state index < -0.39 is 17.7 Å². The van der Waals surface area contributed by atoms with Gasteiger partial charge >= 0.3 is 0 Å². The van der Waals surface area contributed by atoms with Crippen molar-refractivity contribution in [2.75, 3.05) is 18.6 Å². The highest BCUT2D eigenvalue weighted by atomic mass is 16.5. The number of benzene rings is 4. The zero-order valence-corrected chi connectivity index (χ0v) is 24.8. The van der Waals surface area contributed by atoms with Crippen molar-refractivity contribution in [3.63, 3.8) is 0 Å². The maximum Gasteiger partial charge on any atom is 0.300 e. The molecule has 1 heterocycles. The van der Waals surface area contributed by atoms with E-state index in [1.54, 1.807) is 43.5 Å². The first kappa shape index (κ1) is 29.5. The predicted octanol–water partition coefficient (Wildman–Crippen LogP) is 7.17. The fourth-order valence-corrected chi connectivity index (χ4v) is 5.29. The van der Waals surface area contributed by atoms with E-state index in [9.17, 15) is 14.7 Å². The molecule has 1 fully saturated rings. The van der Waals surface area contributed by atoms with Crippen molar-refractivity contribution in [2.24, 2.45) is 0 Å². The Bertz CT molecular complexity index is 1660. The Kier molecular flexibility index (Phi) is 8.81. The first-order valence-corrected chi connectivity index (χ1v) is 14.3. The first-order valence-electron chi connectivity index (χ1n) is 14.3. The summed E-state index contributed by atoms with van der Waals surface area (Å²) < 4.78 is 17.3. The molecule has 7 nitrogen and oxygen atoms in total. The van der Waals surface area contributed by atoms with Gasteiger partial charge in [0.25, 0.3) is 11.7 Å². The number of Topliss-reactive ketones (excluding diaryl/α,β-unsaturated/α-hetero) is 1. The van der Waals surface area contributed by atoms with Crippen LogP contribution in [0.5, 0.6) is 17.2 Å². The molecular weight excluding hydrogens is 542 g/mol. The van der Waals surface area contributed by atoms with Gasteiger partial charge in [0.05, 0.1) is 25.3 Å². The number of nitrogens with zero attached hydrogens (tertiary/aromatic N) is 1. The fourth-order valence-electron chi connectivity index (χ4n) is 5.29. The van der Waals surface area contributed by atoms with Crippen molar-refractivity contribution in [1.29, 1.82) is 0 Å². The van der Waals surface area contributed by atoms with Crippen LogP contribution in [0.2, 0.25) is 0 Å². The standard InChI is InChI=1S/C36H35NO6/c1-5-24-12-16-28(17-13-24)37-33(26-14-19-30(41-4)31(21-26)42-6-2)32(35(39)36(37)40)34(38)27-15-18-29(23(3)20-27)43-22-25-10-8-7-9-11-25/h7-21,33,38H,5-6,22H2,1-4H3/b34-32-. The van der Waals surface area contributed by atoms with Crippen molar-refractivity contribution in [2.45, 2.75) is 39.8 Å². The number of ketones is 1. The summed E-state index contributed by atoms with van der Waals surface area (Å²) in [6.45, 7) is 6.59. The van der Waals surface area contributed by atoms with E-state index in [1.807, 2.05) is 75.4 Å². The van der Waals surface area contributed by atoms with Crippen molar-refractivity contribution in [3.05, 3.63) is 124 Å². The summed E-state index contributed by atoms with van der Waals surface area (Å²) in [6.07, 6.45) is 0.836. The smallest absolute Gasteiger partial charge is 0.300 e. The van der Waals surface area contributed by atoms with Gasteiger partial charge in [-0.1, -0.05) is 55.5 Å². The molecule has 0 bridgehead atoms. The topological polar surface area (TPSA) is 85.3 Å². The molecule has 0 aromatic heterocycles. The number of aliphatic hydroxyl groups excluding tert-OH is 1. The zero-order valence-electron chi connectivity index (χ0n) is 24.8. The third-order valence-electron chi connectivity index (χ3n) is 7.56. The summed E-state index contributed by atoms with van der Waals surface area (Å²) in [5, 5.41) is 11.7. The Morgan fingerprint density at radius 1 is 0.814 bits per heavy atom. The number of aliphatic hydroxyl groups is 1. The molecule has 43 heavy (non-hydrogen) atoms. The number of anilines is 1. The molecule has 4 aromatic rings. The van der Waals surface area contributed by atoms with E-state index >= 15 is 0 Å². The molecule has 0 spiro atoms. The van der Waals surface area contributed by atoms with E-state index in [0.29, 0.717) is 47.3 Å². The van der Waals surface area contributed by atoms with Gasteiger partial charge in [-0.05, 0) is 85.0 Å². The number of rotatable bonds is 10. The average Bonchev–Trinajstić information content (AvgIpc) is 3.30. The van der Waals surface area contributed by atoms with Crippen LogP contribution in [-0.2, 0) is 22.6 Å². The van der Waals surface area contributed by atoms with Gasteiger partial charge in [0.15, 0.2) is 11.5 Å². The third kappa shape index (κ3) is 5.97. The van der Waals surface area contributed by atoms with Crippen LogP contribution in [0.1, 0.15) is 47.7 Å². The molecule has 0 radical (unpaired) electrons. The van der Waals surface area contributed by atoms with Crippen LogP contribution in [0.4, 0.5) is 5.69 Å². The van der Waals surface area contributed by atoms with Crippen molar-refractivity contribution in [1.82, 2.24) is 0 Å². The number of amides is 1. The molecule has 7 heteroatoms. The normalized spacial score (nSPS) is 15.9. The molecule has 4 aromatic carbocycles. The number of carbonyl (C=O) groups excluding carboxylic acids is 2. The summed E-state index contributed by atoms with van der Waals surface area (Å²) >= 11 is 0. The second-order valence-electron chi connectivity index (χ2n) is 10.3. The number of ether oxygens (including phenoxy) is 3. The monoisotopic (exact) mass is 577 g/mol. The Hall–Kier alpha value is -5.04. The molecule has 1 unspecified atom stereocenters. The van der Waals surface area contributed by atoms with Crippen molar-refractivity contribution in [3.8, 4) is 17.2 Å². The summed E-state index contributed by atoms with van der Waals surface area (Å²) in [5.41, 5.74) is 4.48. The van der Waals surface area contributed by atoms with Gasteiger partial charge in [-0.15, -0.1) is 0 Å². The highest BCUT2D eigenvalue weighted by Gasteiger charge is 2.47. The minimum Gasteiger partial charge on any atom is -0.507 e. The molecule has 1 aliphatic rings.